The summed E-state index contributed by atoms with van der Waals surface area (Å²) in [6, 6.07) is 2.59. The van der Waals surface area contributed by atoms with Crippen molar-refractivity contribution >= 4 is 39.0 Å². The fourth-order valence-electron chi connectivity index (χ4n) is 2.08. The van der Waals surface area contributed by atoms with Crippen molar-refractivity contribution < 1.29 is 31.7 Å². The van der Waals surface area contributed by atoms with Crippen LogP contribution in [0, 0.1) is 28.7 Å². The van der Waals surface area contributed by atoms with Crippen LogP contribution in [0.2, 0.25) is 5.02 Å². The standard InChI is InChI=1S/C15H11ClF2N2O6S/c1-7-10(16)3-8(4-14(7)20(22)23)27(24,25)19-13-5-9(15(21)26-2)11(17)6-12(13)18/h3-6,19H,1-2H3. The molecule has 0 atom stereocenters. The third kappa shape index (κ3) is 4.14. The second kappa shape index (κ2) is 7.45. The second-order valence-electron chi connectivity index (χ2n) is 5.22. The Morgan fingerprint density at radius 2 is 1.85 bits per heavy atom. The molecule has 12 heteroatoms. The monoisotopic (exact) mass is 420 g/mol. The lowest BCUT2D eigenvalue weighted by atomic mass is 10.2. The number of anilines is 1. The third-order valence-electron chi connectivity index (χ3n) is 3.50. The Hall–Kier alpha value is -2.79. The average Bonchev–Trinajstić information content (AvgIpc) is 2.58. The molecule has 144 valence electrons. The molecule has 0 fully saturated rings. The smallest absolute Gasteiger partial charge is 0.340 e. The molecule has 0 saturated heterocycles. The zero-order chi connectivity index (χ0) is 20.5. The number of carbonyl (C=O) groups is 1. The summed E-state index contributed by atoms with van der Waals surface area (Å²) in [4.78, 5) is 21.1. The highest BCUT2D eigenvalue weighted by Crippen LogP contribution is 2.31. The zero-order valence-electron chi connectivity index (χ0n) is 13.7. The van der Waals surface area contributed by atoms with Gasteiger partial charge in [0.25, 0.3) is 15.7 Å². The maximum absolute atomic E-state index is 13.9. The van der Waals surface area contributed by atoms with E-state index >= 15 is 0 Å². The van der Waals surface area contributed by atoms with Crippen LogP contribution in [0.4, 0.5) is 20.2 Å². The highest BCUT2D eigenvalue weighted by atomic mass is 35.5. The Morgan fingerprint density at radius 1 is 1.22 bits per heavy atom. The third-order valence-corrected chi connectivity index (χ3v) is 5.24. The number of benzene rings is 2. The minimum Gasteiger partial charge on any atom is -0.465 e. The summed E-state index contributed by atoms with van der Waals surface area (Å²) in [6.07, 6.45) is 0. The maximum Gasteiger partial charge on any atom is 0.340 e. The van der Waals surface area contributed by atoms with Crippen molar-refractivity contribution in [3.05, 3.63) is 62.2 Å². The second-order valence-corrected chi connectivity index (χ2v) is 7.30. The van der Waals surface area contributed by atoms with Gasteiger partial charge in [0.1, 0.15) is 11.6 Å². The van der Waals surface area contributed by atoms with Crippen LogP contribution in [-0.4, -0.2) is 26.4 Å². The van der Waals surface area contributed by atoms with Crippen molar-refractivity contribution in [1.82, 2.24) is 0 Å². The molecule has 2 aromatic rings. The van der Waals surface area contributed by atoms with Crippen LogP contribution in [0.1, 0.15) is 15.9 Å². The molecule has 0 radical (unpaired) electrons. The van der Waals surface area contributed by atoms with Crippen LogP contribution < -0.4 is 4.72 Å². The van der Waals surface area contributed by atoms with Crippen molar-refractivity contribution in [3.8, 4) is 0 Å². The summed E-state index contributed by atoms with van der Waals surface area (Å²) in [5.74, 6) is -3.71. The molecule has 0 aliphatic heterocycles. The molecule has 2 aromatic carbocycles. The fraction of sp³-hybridized carbons (Fsp3) is 0.133. The molecule has 0 unspecified atom stereocenters. The number of sulfonamides is 1. The van der Waals surface area contributed by atoms with Gasteiger partial charge >= 0.3 is 5.97 Å². The van der Waals surface area contributed by atoms with Crippen molar-refractivity contribution in [2.24, 2.45) is 0 Å². The summed E-state index contributed by atoms with van der Waals surface area (Å²) >= 11 is 5.83. The normalized spacial score (nSPS) is 11.1. The predicted molar refractivity (Wildman–Crippen MR) is 91.3 cm³/mol. The lowest BCUT2D eigenvalue weighted by molar-refractivity contribution is -0.385. The van der Waals surface area contributed by atoms with E-state index in [1.165, 1.54) is 6.92 Å². The molecule has 0 bridgehead atoms. The number of halogens is 3. The molecular formula is C15H11ClF2N2O6S. The molecule has 0 aliphatic carbocycles. The van der Waals surface area contributed by atoms with E-state index in [4.69, 9.17) is 11.6 Å². The van der Waals surface area contributed by atoms with Gasteiger partial charge in [-0.15, -0.1) is 0 Å². The number of rotatable bonds is 5. The number of nitro groups is 1. The Kier molecular flexibility index (Phi) is 5.66. The number of esters is 1. The van der Waals surface area contributed by atoms with E-state index in [1.54, 1.807) is 4.72 Å². The SMILES string of the molecule is COC(=O)c1cc(NS(=O)(=O)c2cc(Cl)c(C)c([N+](=O)[O-])c2)c(F)cc1F. The van der Waals surface area contributed by atoms with Gasteiger partial charge in [-0.3, -0.25) is 14.8 Å². The van der Waals surface area contributed by atoms with Crippen LogP contribution >= 0.6 is 11.6 Å². The quantitative estimate of drug-likeness (QED) is 0.450. The van der Waals surface area contributed by atoms with Crippen LogP contribution in [-0.2, 0) is 14.8 Å². The molecule has 2 rings (SSSR count). The van der Waals surface area contributed by atoms with Crippen molar-refractivity contribution in [3.63, 3.8) is 0 Å². The number of nitrogens with zero attached hydrogens (tertiary/aromatic N) is 1. The first kappa shape index (κ1) is 20.5. The number of methoxy groups -OCH3 is 1. The van der Waals surface area contributed by atoms with Crippen LogP contribution in [0.5, 0.6) is 0 Å². The fourth-order valence-corrected chi connectivity index (χ4v) is 3.46. The molecule has 0 aliphatic rings. The lowest BCUT2D eigenvalue weighted by Crippen LogP contribution is -2.16. The van der Waals surface area contributed by atoms with E-state index < -0.39 is 54.4 Å². The van der Waals surface area contributed by atoms with E-state index in [0.717, 1.165) is 19.2 Å². The van der Waals surface area contributed by atoms with Crippen molar-refractivity contribution in [2.45, 2.75) is 11.8 Å². The van der Waals surface area contributed by atoms with Gasteiger partial charge in [0.15, 0.2) is 0 Å². The summed E-state index contributed by atoms with van der Waals surface area (Å²) in [6.45, 7) is 1.33. The van der Waals surface area contributed by atoms with Crippen LogP contribution in [0.25, 0.3) is 0 Å². The number of ether oxygens (including phenoxy) is 1. The minimum absolute atomic E-state index is 0.0431. The first-order valence-electron chi connectivity index (χ1n) is 7.02. The summed E-state index contributed by atoms with van der Waals surface area (Å²) < 4.78 is 58.6. The lowest BCUT2D eigenvalue weighted by Gasteiger charge is -2.12. The zero-order valence-corrected chi connectivity index (χ0v) is 15.3. The summed E-state index contributed by atoms with van der Waals surface area (Å²) in [5.41, 5.74) is -1.97. The number of carbonyl (C=O) groups excluding carboxylic acids is 1. The minimum atomic E-state index is -4.55. The number of nitro benzene ring substituents is 1. The maximum atomic E-state index is 13.9. The topological polar surface area (TPSA) is 116 Å². The Morgan fingerprint density at radius 3 is 2.41 bits per heavy atom. The summed E-state index contributed by atoms with van der Waals surface area (Å²) in [7, 11) is -3.59. The molecular weight excluding hydrogens is 410 g/mol. The largest absolute Gasteiger partial charge is 0.465 e. The number of nitrogens with one attached hydrogen (secondary N) is 1. The van der Waals surface area contributed by atoms with E-state index in [-0.39, 0.29) is 10.6 Å². The first-order valence-corrected chi connectivity index (χ1v) is 8.88. The molecule has 0 spiro atoms. The Balaban J connectivity index is 2.54. The van der Waals surface area contributed by atoms with E-state index in [9.17, 15) is 32.1 Å². The van der Waals surface area contributed by atoms with Gasteiger partial charge in [0.2, 0.25) is 0 Å². The predicted octanol–water partition coefficient (Wildman–Crippen LogP) is 3.42. The van der Waals surface area contributed by atoms with Crippen molar-refractivity contribution in [2.75, 3.05) is 11.8 Å². The molecule has 27 heavy (non-hydrogen) atoms. The number of hydrogen-bond donors (Lipinski definition) is 1. The molecule has 0 saturated carbocycles. The van der Waals surface area contributed by atoms with Crippen LogP contribution in [0.3, 0.4) is 0 Å². The Labute approximate surface area is 156 Å². The van der Waals surface area contributed by atoms with E-state index in [1.807, 2.05) is 0 Å². The van der Waals surface area contributed by atoms with Gasteiger partial charge < -0.3 is 4.74 Å². The highest BCUT2D eigenvalue weighted by Gasteiger charge is 2.25. The molecule has 0 heterocycles. The van der Waals surface area contributed by atoms with Crippen molar-refractivity contribution in [1.29, 1.82) is 0 Å². The van der Waals surface area contributed by atoms with Gasteiger partial charge in [-0.1, -0.05) is 11.6 Å². The molecule has 0 amide bonds. The summed E-state index contributed by atoms with van der Waals surface area (Å²) in [5, 5.41) is 10.8. The van der Waals surface area contributed by atoms with Gasteiger partial charge in [0, 0.05) is 17.7 Å². The van der Waals surface area contributed by atoms with Gasteiger partial charge in [-0.25, -0.2) is 22.0 Å². The van der Waals surface area contributed by atoms with E-state index in [2.05, 4.69) is 4.74 Å². The number of hydrogen-bond acceptors (Lipinski definition) is 6. The highest BCUT2D eigenvalue weighted by molar-refractivity contribution is 7.92. The first-order chi connectivity index (χ1) is 12.5. The van der Waals surface area contributed by atoms with Gasteiger partial charge in [-0.2, -0.15) is 0 Å². The van der Waals surface area contributed by atoms with E-state index in [0.29, 0.717) is 12.1 Å². The molecule has 8 nitrogen and oxygen atoms in total. The molecule has 1 N–H and O–H groups in total. The van der Waals surface area contributed by atoms with Crippen LogP contribution in [0.15, 0.2) is 29.2 Å². The molecule has 0 aromatic heterocycles. The Bertz CT molecular complexity index is 1060. The average molecular weight is 421 g/mol. The van der Waals surface area contributed by atoms with Gasteiger partial charge in [-0.05, 0) is 19.1 Å². The van der Waals surface area contributed by atoms with Gasteiger partial charge in [0.05, 0.1) is 33.2 Å².